The molecule has 4 atom stereocenters. The Morgan fingerprint density at radius 1 is 0.679 bits per heavy atom. The molecule has 2 rings (SSSR count). The molecule has 0 aromatic heterocycles. The molecular formula is C46H74N6O3S. The van der Waals surface area contributed by atoms with E-state index in [1.54, 1.807) is 12.1 Å². The molecule has 312 valence electrons. The van der Waals surface area contributed by atoms with Gasteiger partial charge in [0.05, 0.1) is 40.9 Å². The predicted octanol–water partition coefficient (Wildman–Crippen LogP) is 13.6. The van der Waals surface area contributed by atoms with E-state index in [1.165, 1.54) is 18.9 Å². The third kappa shape index (κ3) is 16.8. The van der Waals surface area contributed by atoms with Crippen LogP contribution in [-0.2, 0) is 10.0 Å². The van der Waals surface area contributed by atoms with Crippen LogP contribution in [0.25, 0.3) is 0 Å². The van der Waals surface area contributed by atoms with Crippen molar-refractivity contribution in [2.45, 2.75) is 158 Å². The molecule has 0 radical (unpaired) electrons. The van der Waals surface area contributed by atoms with Crippen molar-refractivity contribution < 1.29 is 13.2 Å². The lowest BCUT2D eigenvalue weighted by Gasteiger charge is -2.34. The van der Waals surface area contributed by atoms with Crippen LogP contribution in [0.5, 0.6) is 5.75 Å². The second kappa shape index (κ2) is 27.1. The lowest BCUT2D eigenvalue weighted by Crippen LogP contribution is -2.34. The highest BCUT2D eigenvalue weighted by Gasteiger charge is 2.26. The minimum atomic E-state index is -3.78. The zero-order valence-corrected chi connectivity index (χ0v) is 37.0. The Labute approximate surface area is 341 Å². The number of rotatable bonds is 30. The number of anilines is 2. The first-order valence-corrected chi connectivity index (χ1v) is 23.6. The number of nitrogens with one attached hydrogen (secondary N) is 1. The van der Waals surface area contributed by atoms with E-state index in [4.69, 9.17) is 4.74 Å². The van der Waals surface area contributed by atoms with Crippen LogP contribution in [0.1, 0.15) is 169 Å². The molecule has 0 aliphatic heterocycles. The third-order valence-corrected chi connectivity index (χ3v) is 12.7. The maximum Gasteiger partial charge on any atom is 0.233 e. The van der Waals surface area contributed by atoms with E-state index in [9.17, 15) is 18.9 Å². The monoisotopic (exact) mass is 791 g/mol. The van der Waals surface area contributed by atoms with E-state index < -0.39 is 10.0 Å². The molecule has 0 bridgehead atoms. The highest BCUT2D eigenvalue weighted by molar-refractivity contribution is 7.92. The normalized spacial score (nSPS) is 13.8. The minimum Gasteiger partial charge on any atom is -0.491 e. The highest BCUT2D eigenvalue weighted by Crippen LogP contribution is 2.42. The van der Waals surface area contributed by atoms with Gasteiger partial charge in [-0.15, -0.1) is 10.2 Å². The summed E-state index contributed by atoms with van der Waals surface area (Å²) in [6, 6.07) is 12.7. The SMILES string of the molecule is CCCCC(CC)COc1cc(N=Nc2ccc(C#N)cc2C#N)c(NS(=O)(=O)CC(CC)CCCC)cc1N(CC(CC)CCCC)CC(CC)CCCC. The number of sulfonamides is 1. The Bertz CT molecular complexity index is 1630. The van der Waals surface area contributed by atoms with E-state index in [0.717, 1.165) is 109 Å². The molecular weight excluding hydrogens is 717 g/mol. The molecule has 56 heavy (non-hydrogen) atoms. The quantitative estimate of drug-likeness (QED) is 0.0784. The summed E-state index contributed by atoms with van der Waals surface area (Å²) in [5, 5.41) is 28.4. The Morgan fingerprint density at radius 2 is 1.20 bits per heavy atom. The standard InChI is InChI=1S/C46H74N6O3S/c1-9-17-21-36(13-5)32-52(33-37(14-6)22-18-10-2)45-28-44(51-56(53,54)35-39(16-8)24-20-12-4)43(29-46(45)55-34-38(15-7)23-19-11-3)50-49-42-26-25-40(30-47)27-41(42)31-48/h25-29,36-39,51H,9-24,32-35H2,1-8H3. The molecule has 0 aliphatic carbocycles. The van der Waals surface area contributed by atoms with Gasteiger partial charge >= 0.3 is 0 Å². The van der Waals surface area contributed by atoms with Gasteiger partial charge in [0.25, 0.3) is 0 Å². The van der Waals surface area contributed by atoms with Crippen LogP contribution in [-0.4, -0.2) is 33.9 Å². The average molecular weight is 791 g/mol. The summed E-state index contributed by atoms with van der Waals surface area (Å²) in [6.45, 7) is 19.9. The molecule has 1 N–H and O–H groups in total. The van der Waals surface area contributed by atoms with Gasteiger partial charge in [0.15, 0.2) is 0 Å². The smallest absolute Gasteiger partial charge is 0.233 e. The molecule has 0 aliphatic rings. The summed E-state index contributed by atoms with van der Waals surface area (Å²) in [7, 11) is -3.78. The van der Waals surface area contributed by atoms with Crippen LogP contribution in [0.2, 0.25) is 0 Å². The number of ether oxygens (including phenoxy) is 1. The molecule has 0 saturated carbocycles. The summed E-state index contributed by atoms with van der Waals surface area (Å²) >= 11 is 0. The Kier molecular flexibility index (Phi) is 23.5. The average Bonchev–Trinajstić information content (AvgIpc) is 3.21. The first-order valence-electron chi connectivity index (χ1n) is 22.0. The minimum absolute atomic E-state index is 0.0189. The van der Waals surface area contributed by atoms with Crippen molar-refractivity contribution in [1.82, 2.24) is 0 Å². The fraction of sp³-hybridized carbons (Fsp3) is 0.696. The van der Waals surface area contributed by atoms with Crippen molar-refractivity contribution in [2.24, 2.45) is 33.9 Å². The summed E-state index contributed by atoms with van der Waals surface area (Å²) < 4.78 is 37.9. The molecule has 9 nitrogen and oxygen atoms in total. The first-order chi connectivity index (χ1) is 27.0. The van der Waals surface area contributed by atoms with Crippen LogP contribution < -0.4 is 14.4 Å². The highest BCUT2D eigenvalue weighted by atomic mass is 32.2. The zero-order chi connectivity index (χ0) is 41.3. The topological polar surface area (TPSA) is 131 Å². The van der Waals surface area contributed by atoms with Crippen molar-refractivity contribution in [3.63, 3.8) is 0 Å². The molecule has 0 saturated heterocycles. The maximum atomic E-state index is 14.0. The summed E-state index contributed by atoms with van der Waals surface area (Å²) in [5.74, 6) is 2.06. The summed E-state index contributed by atoms with van der Waals surface area (Å²) in [6.07, 6.45) is 17.0. The van der Waals surface area contributed by atoms with E-state index in [-0.39, 0.29) is 17.2 Å². The first kappa shape index (κ1) is 48.5. The van der Waals surface area contributed by atoms with E-state index in [2.05, 4.69) is 87.4 Å². The van der Waals surface area contributed by atoms with Gasteiger partial charge < -0.3 is 9.64 Å². The zero-order valence-electron chi connectivity index (χ0n) is 36.2. The number of nitrogens with zero attached hydrogens (tertiary/aromatic N) is 5. The molecule has 0 spiro atoms. The van der Waals surface area contributed by atoms with Crippen LogP contribution in [0.4, 0.5) is 22.7 Å². The van der Waals surface area contributed by atoms with Crippen molar-refractivity contribution in [3.8, 4) is 17.9 Å². The van der Waals surface area contributed by atoms with Gasteiger partial charge in [0, 0.05) is 19.2 Å². The predicted molar refractivity (Wildman–Crippen MR) is 235 cm³/mol. The Balaban J connectivity index is 2.92. The molecule has 0 heterocycles. The van der Waals surface area contributed by atoms with Crippen molar-refractivity contribution >= 4 is 32.8 Å². The van der Waals surface area contributed by atoms with E-state index in [1.807, 2.05) is 12.1 Å². The number of nitriles is 2. The van der Waals surface area contributed by atoms with Crippen LogP contribution >= 0.6 is 0 Å². The van der Waals surface area contributed by atoms with Crippen molar-refractivity contribution in [3.05, 3.63) is 41.5 Å². The Morgan fingerprint density at radius 3 is 1.70 bits per heavy atom. The van der Waals surface area contributed by atoms with Gasteiger partial charge in [-0.25, -0.2) is 8.42 Å². The number of hydrogen-bond donors (Lipinski definition) is 1. The lowest BCUT2D eigenvalue weighted by atomic mass is 9.95. The number of azo groups is 1. The number of unbranched alkanes of at least 4 members (excludes halogenated alkanes) is 4. The van der Waals surface area contributed by atoms with Crippen molar-refractivity contribution in [1.29, 1.82) is 10.5 Å². The molecule has 0 fully saturated rings. The van der Waals surface area contributed by atoms with E-state index in [0.29, 0.717) is 52.7 Å². The van der Waals surface area contributed by atoms with Gasteiger partial charge in [0.1, 0.15) is 23.2 Å². The van der Waals surface area contributed by atoms with Crippen LogP contribution in [0.3, 0.4) is 0 Å². The van der Waals surface area contributed by atoms with Gasteiger partial charge in [0.2, 0.25) is 10.0 Å². The van der Waals surface area contributed by atoms with E-state index >= 15 is 0 Å². The van der Waals surface area contributed by atoms with Crippen LogP contribution in [0, 0.1) is 46.3 Å². The van der Waals surface area contributed by atoms with Crippen molar-refractivity contribution in [2.75, 3.05) is 35.1 Å². The number of hydrogen-bond acceptors (Lipinski definition) is 8. The lowest BCUT2D eigenvalue weighted by molar-refractivity contribution is 0.233. The fourth-order valence-corrected chi connectivity index (χ4v) is 8.83. The van der Waals surface area contributed by atoms with Gasteiger partial charge in [-0.05, 0) is 73.6 Å². The molecule has 0 amide bonds. The molecule has 4 unspecified atom stereocenters. The van der Waals surface area contributed by atoms with Gasteiger partial charge in [-0.1, -0.05) is 132 Å². The molecule has 10 heteroatoms. The second-order valence-electron chi connectivity index (χ2n) is 15.8. The maximum absolute atomic E-state index is 14.0. The Hall–Kier alpha value is -3.63. The summed E-state index contributed by atoms with van der Waals surface area (Å²) in [5.41, 5.74) is 2.41. The van der Waals surface area contributed by atoms with Crippen LogP contribution in [0.15, 0.2) is 40.6 Å². The molecule has 2 aromatic carbocycles. The second-order valence-corrected chi connectivity index (χ2v) is 17.5. The third-order valence-electron chi connectivity index (χ3n) is 11.3. The van der Waals surface area contributed by atoms with Gasteiger partial charge in [-0.3, -0.25) is 4.72 Å². The largest absolute Gasteiger partial charge is 0.491 e. The molecule has 2 aromatic rings. The number of benzene rings is 2. The van der Waals surface area contributed by atoms with Gasteiger partial charge in [-0.2, -0.15) is 10.5 Å². The fourth-order valence-electron chi connectivity index (χ4n) is 7.23. The summed E-state index contributed by atoms with van der Waals surface area (Å²) in [4.78, 5) is 2.47.